The molecule has 2 aromatic heterocycles. The van der Waals surface area contributed by atoms with Gasteiger partial charge in [-0.1, -0.05) is 0 Å². The molecule has 8 heteroatoms. The predicted molar refractivity (Wildman–Crippen MR) is 93.0 cm³/mol. The van der Waals surface area contributed by atoms with Crippen LogP contribution in [0, 0.1) is 17.7 Å². The molecule has 136 valence electrons. The lowest BCUT2D eigenvalue weighted by atomic mass is 9.83. The van der Waals surface area contributed by atoms with Gasteiger partial charge in [0.15, 0.2) is 5.82 Å². The Labute approximate surface area is 150 Å². The Balaban J connectivity index is 1.39. The van der Waals surface area contributed by atoms with E-state index < -0.39 is 5.82 Å². The average molecular weight is 357 g/mol. The molecular weight excluding hydrogens is 337 g/mol. The van der Waals surface area contributed by atoms with Crippen LogP contribution in [0.15, 0.2) is 36.9 Å². The van der Waals surface area contributed by atoms with Crippen LogP contribution in [0.3, 0.4) is 0 Å². The van der Waals surface area contributed by atoms with E-state index >= 15 is 0 Å². The van der Waals surface area contributed by atoms with E-state index in [1.54, 1.807) is 18.5 Å². The van der Waals surface area contributed by atoms with Crippen molar-refractivity contribution >= 4 is 17.5 Å². The maximum absolute atomic E-state index is 13.0. The molecule has 2 fully saturated rings. The minimum absolute atomic E-state index is 0.0494. The number of aromatic nitrogens is 3. The molecule has 0 bridgehead atoms. The molecule has 2 saturated heterocycles. The number of amides is 1. The van der Waals surface area contributed by atoms with Crippen molar-refractivity contribution < 1.29 is 13.9 Å². The second kappa shape index (κ2) is 7.33. The zero-order valence-electron chi connectivity index (χ0n) is 14.2. The number of pyridine rings is 1. The molecule has 2 aliphatic rings. The Morgan fingerprint density at radius 2 is 2.15 bits per heavy atom. The lowest BCUT2D eigenvalue weighted by Crippen LogP contribution is -2.50. The quantitative estimate of drug-likeness (QED) is 0.903. The summed E-state index contributed by atoms with van der Waals surface area (Å²) in [6.07, 6.45) is 7.38. The van der Waals surface area contributed by atoms with E-state index in [1.807, 2.05) is 11.0 Å². The number of ether oxygens (including phenoxy) is 1. The number of rotatable bonds is 3. The second-order valence-electron chi connectivity index (χ2n) is 6.73. The number of piperidine rings is 1. The van der Waals surface area contributed by atoms with E-state index in [2.05, 4.69) is 20.3 Å². The molecule has 26 heavy (non-hydrogen) atoms. The Kier molecular flexibility index (Phi) is 4.75. The van der Waals surface area contributed by atoms with Crippen molar-refractivity contribution in [2.75, 3.05) is 29.9 Å². The van der Waals surface area contributed by atoms with Crippen molar-refractivity contribution in [3.05, 3.63) is 42.7 Å². The monoisotopic (exact) mass is 357 g/mol. The molecular formula is C18H20FN5O2. The highest BCUT2D eigenvalue weighted by Gasteiger charge is 2.38. The van der Waals surface area contributed by atoms with Crippen LogP contribution in [0.5, 0.6) is 0 Å². The fourth-order valence-electron chi connectivity index (χ4n) is 3.64. The van der Waals surface area contributed by atoms with Gasteiger partial charge in [-0.2, -0.15) is 0 Å². The molecule has 2 aromatic rings. The summed E-state index contributed by atoms with van der Waals surface area (Å²) in [5.74, 6) is 0.0384. The maximum atomic E-state index is 13.0. The van der Waals surface area contributed by atoms with Crippen molar-refractivity contribution in [3.63, 3.8) is 0 Å². The summed E-state index contributed by atoms with van der Waals surface area (Å²) in [4.78, 5) is 26.7. The number of fused-ring (bicyclic) bond motifs is 1. The van der Waals surface area contributed by atoms with Crippen molar-refractivity contribution in [1.82, 2.24) is 15.0 Å². The van der Waals surface area contributed by atoms with E-state index in [1.165, 1.54) is 12.4 Å². The standard InChI is InChI=1S/C18H20FN5O2/c19-14-7-21-18(22-8-14)24-5-3-16-12(10-24)6-13(11-26-16)17(25)23-15-2-1-4-20-9-15/h1-2,4,7-9,12-13,16H,3,5-6,10-11H2,(H,23,25)/t12-,13-,16+/m1/s1. The van der Waals surface area contributed by atoms with Crippen LogP contribution >= 0.6 is 0 Å². The number of halogens is 1. The highest BCUT2D eigenvalue weighted by Crippen LogP contribution is 2.33. The molecule has 0 radical (unpaired) electrons. The number of carbonyl (C=O) groups is 1. The van der Waals surface area contributed by atoms with Gasteiger partial charge in [-0.05, 0) is 25.0 Å². The van der Waals surface area contributed by atoms with Crippen LogP contribution < -0.4 is 10.2 Å². The van der Waals surface area contributed by atoms with Gasteiger partial charge in [-0.25, -0.2) is 14.4 Å². The van der Waals surface area contributed by atoms with Gasteiger partial charge >= 0.3 is 0 Å². The molecule has 0 saturated carbocycles. The lowest BCUT2D eigenvalue weighted by Gasteiger charge is -2.43. The Bertz CT molecular complexity index is 758. The van der Waals surface area contributed by atoms with E-state index in [0.717, 1.165) is 19.4 Å². The molecule has 1 amide bonds. The van der Waals surface area contributed by atoms with Crippen LogP contribution in [0.25, 0.3) is 0 Å². The molecule has 1 N–H and O–H groups in total. The SMILES string of the molecule is O=C(Nc1cccnc1)[C@H]1CO[C@H]2CCN(c3ncc(F)cn3)C[C@H]2C1. The fraction of sp³-hybridized carbons (Fsp3) is 0.444. The number of nitrogens with zero attached hydrogens (tertiary/aromatic N) is 4. The van der Waals surface area contributed by atoms with E-state index in [0.29, 0.717) is 24.8 Å². The van der Waals surface area contributed by atoms with Gasteiger partial charge in [-0.3, -0.25) is 9.78 Å². The lowest BCUT2D eigenvalue weighted by molar-refractivity contribution is -0.130. The molecule has 0 spiro atoms. The topological polar surface area (TPSA) is 80.2 Å². The van der Waals surface area contributed by atoms with Gasteiger partial charge in [0.25, 0.3) is 0 Å². The normalized spacial score (nSPS) is 25.4. The van der Waals surface area contributed by atoms with E-state index in [9.17, 15) is 9.18 Å². The van der Waals surface area contributed by atoms with Crippen LogP contribution in [0.4, 0.5) is 16.0 Å². The minimum atomic E-state index is -0.447. The number of hydrogen-bond donors (Lipinski definition) is 1. The number of carbonyl (C=O) groups excluding carboxylic acids is 1. The smallest absolute Gasteiger partial charge is 0.229 e. The average Bonchev–Trinajstić information content (AvgIpc) is 2.68. The van der Waals surface area contributed by atoms with Gasteiger partial charge in [0, 0.05) is 25.2 Å². The summed E-state index contributed by atoms with van der Waals surface area (Å²) < 4.78 is 19.0. The molecule has 7 nitrogen and oxygen atoms in total. The third-order valence-electron chi connectivity index (χ3n) is 4.95. The summed E-state index contributed by atoms with van der Waals surface area (Å²) in [5.41, 5.74) is 0.685. The zero-order valence-corrected chi connectivity index (χ0v) is 14.2. The summed E-state index contributed by atoms with van der Waals surface area (Å²) in [5, 5.41) is 2.89. The Morgan fingerprint density at radius 3 is 2.92 bits per heavy atom. The van der Waals surface area contributed by atoms with E-state index in [-0.39, 0.29) is 23.8 Å². The van der Waals surface area contributed by atoms with Gasteiger partial charge in [0.05, 0.1) is 42.9 Å². The first-order valence-electron chi connectivity index (χ1n) is 8.74. The third kappa shape index (κ3) is 3.65. The third-order valence-corrected chi connectivity index (χ3v) is 4.95. The first-order valence-corrected chi connectivity index (χ1v) is 8.74. The summed E-state index contributed by atoms with van der Waals surface area (Å²) in [6.45, 7) is 1.90. The number of anilines is 2. The minimum Gasteiger partial charge on any atom is -0.377 e. The molecule has 0 aromatic carbocycles. The van der Waals surface area contributed by atoms with Crippen molar-refractivity contribution in [1.29, 1.82) is 0 Å². The van der Waals surface area contributed by atoms with Crippen molar-refractivity contribution in [3.8, 4) is 0 Å². The van der Waals surface area contributed by atoms with Gasteiger partial charge in [-0.15, -0.1) is 0 Å². The number of hydrogen-bond acceptors (Lipinski definition) is 6. The van der Waals surface area contributed by atoms with Crippen LogP contribution in [-0.4, -0.2) is 46.7 Å². The van der Waals surface area contributed by atoms with Crippen molar-refractivity contribution in [2.24, 2.45) is 11.8 Å². The summed E-state index contributed by atoms with van der Waals surface area (Å²) >= 11 is 0. The van der Waals surface area contributed by atoms with Crippen molar-refractivity contribution in [2.45, 2.75) is 18.9 Å². The number of nitrogens with one attached hydrogen (secondary N) is 1. The molecule has 3 atom stereocenters. The molecule has 2 aliphatic heterocycles. The summed E-state index contributed by atoms with van der Waals surface area (Å²) in [6, 6.07) is 3.59. The first kappa shape index (κ1) is 16.8. The highest BCUT2D eigenvalue weighted by atomic mass is 19.1. The Hall–Kier alpha value is -2.61. The maximum Gasteiger partial charge on any atom is 0.229 e. The fourth-order valence-corrected chi connectivity index (χ4v) is 3.64. The largest absolute Gasteiger partial charge is 0.377 e. The molecule has 4 rings (SSSR count). The zero-order chi connectivity index (χ0) is 17.9. The van der Waals surface area contributed by atoms with E-state index in [4.69, 9.17) is 4.74 Å². The van der Waals surface area contributed by atoms with Gasteiger partial charge < -0.3 is 15.0 Å². The van der Waals surface area contributed by atoms with Crippen LogP contribution in [-0.2, 0) is 9.53 Å². The van der Waals surface area contributed by atoms with Crippen LogP contribution in [0.1, 0.15) is 12.8 Å². The Morgan fingerprint density at radius 1 is 1.31 bits per heavy atom. The molecule has 4 heterocycles. The van der Waals surface area contributed by atoms with Gasteiger partial charge in [0.1, 0.15) is 0 Å². The first-order chi connectivity index (χ1) is 12.7. The molecule has 0 unspecified atom stereocenters. The van der Waals surface area contributed by atoms with Gasteiger partial charge in [0.2, 0.25) is 11.9 Å². The van der Waals surface area contributed by atoms with Crippen LogP contribution in [0.2, 0.25) is 0 Å². The highest BCUT2D eigenvalue weighted by molar-refractivity contribution is 5.92. The predicted octanol–water partition coefficient (Wildman–Crippen LogP) is 1.88. The molecule has 0 aliphatic carbocycles. The second-order valence-corrected chi connectivity index (χ2v) is 6.73. The summed E-state index contributed by atoms with van der Waals surface area (Å²) in [7, 11) is 0.